The van der Waals surface area contributed by atoms with Gasteiger partial charge in [-0.1, -0.05) is 285 Å². The summed E-state index contributed by atoms with van der Waals surface area (Å²) < 4.78 is 142. The van der Waals surface area contributed by atoms with E-state index in [-0.39, 0.29) is 81.8 Å². The van der Waals surface area contributed by atoms with Crippen molar-refractivity contribution in [1.29, 1.82) is 0 Å². The zero-order chi connectivity index (χ0) is 68.0. The lowest BCUT2D eigenvalue weighted by Gasteiger charge is -2.18. The van der Waals surface area contributed by atoms with Crippen molar-refractivity contribution in [1.82, 2.24) is 0 Å². The monoisotopic (exact) mass is 1090 g/mol. The summed E-state index contributed by atoms with van der Waals surface area (Å²) in [6.45, 7) is 0. The first-order valence-corrected chi connectivity index (χ1v) is 28.5. The predicted octanol–water partition coefficient (Wildman–Crippen LogP) is 23.9. The molecule has 0 aliphatic carbocycles. The Kier molecular flexibility index (Phi) is 8.35. The fourth-order valence-corrected chi connectivity index (χ4v) is 14.4. The van der Waals surface area contributed by atoms with Crippen LogP contribution in [0, 0.1) is 0 Å². The highest BCUT2D eigenvalue weighted by atomic mass is 32.1. The number of thiophene rings is 2. The molecule has 17 rings (SSSR count). The molecule has 2 aromatic heterocycles. The van der Waals surface area contributed by atoms with Crippen molar-refractivity contribution in [3.8, 4) is 66.8 Å². The number of rotatable bonds is 6. The molecule has 0 fully saturated rings. The van der Waals surface area contributed by atoms with E-state index in [4.69, 9.17) is 17.8 Å². The average molecular weight is 1090 g/mol. The summed E-state index contributed by atoms with van der Waals surface area (Å²) in [5.74, 6) is 0. The van der Waals surface area contributed by atoms with Gasteiger partial charge < -0.3 is 0 Å². The fourth-order valence-electron chi connectivity index (χ4n) is 12.1. The van der Waals surface area contributed by atoms with Crippen LogP contribution in [0.1, 0.15) is 21.9 Å². The minimum Gasteiger partial charge on any atom is -0.135 e. The van der Waals surface area contributed by atoms with Crippen molar-refractivity contribution in [2.45, 2.75) is 0 Å². The van der Waals surface area contributed by atoms with E-state index in [1.165, 1.54) is 32.2 Å². The van der Waals surface area contributed by atoms with Crippen LogP contribution >= 0.6 is 22.7 Å². The first-order chi connectivity index (χ1) is 47.4. The minimum absolute atomic E-state index is 0.0835. The maximum atomic E-state index is 9.31. The molecule has 0 amide bonds. The van der Waals surface area contributed by atoms with Crippen molar-refractivity contribution in [2.24, 2.45) is 0 Å². The van der Waals surface area contributed by atoms with Gasteiger partial charge in [0, 0.05) is 51.5 Å². The highest BCUT2D eigenvalue weighted by Gasteiger charge is 2.22. The zero-order valence-electron chi connectivity index (χ0n) is 59.4. The summed E-state index contributed by atoms with van der Waals surface area (Å²) in [4.78, 5) is 0. The van der Waals surface area contributed by atoms with Gasteiger partial charge in [0.15, 0.2) is 0 Å². The molecule has 382 valence electrons. The van der Waals surface area contributed by atoms with Gasteiger partial charge >= 0.3 is 0 Å². The van der Waals surface area contributed by atoms with E-state index >= 15 is 0 Å². The zero-order valence-corrected chi connectivity index (χ0v) is 45.1. The Hall–Kier alpha value is -9.96. The molecule has 0 atom stereocenters. The molecule has 0 saturated carbocycles. The Balaban J connectivity index is 0.000000153. The lowest BCUT2D eigenvalue weighted by molar-refractivity contribution is 1.61. The number of fused-ring (bicyclic) bond motifs is 11. The quantitative estimate of drug-likeness (QED) is 0.146. The second-order valence-electron chi connectivity index (χ2n) is 20.1. The molecular weight excluding hydrogens is 1030 g/mol. The molecule has 2 heteroatoms. The van der Waals surface area contributed by atoms with Crippen LogP contribution in [0.4, 0.5) is 0 Å². The van der Waals surface area contributed by atoms with Gasteiger partial charge in [0.2, 0.25) is 0 Å². The Bertz CT molecular complexity index is 6170. The molecule has 0 aliphatic heterocycles. The lowest BCUT2D eigenvalue weighted by Crippen LogP contribution is -1.91. The predicted molar refractivity (Wildman–Crippen MR) is 359 cm³/mol. The molecule has 0 saturated heterocycles. The number of benzene rings is 15. The van der Waals surface area contributed by atoms with Gasteiger partial charge in [-0.3, -0.25) is 0 Å². The second kappa shape index (κ2) is 20.0. The van der Waals surface area contributed by atoms with E-state index < -0.39 is 42.3 Å². The molecule has 0 unspecified atom stereocenters. The minimum atomic E-state index is -0.604. The third-order valence-corrected chi connectivity index (χ3v) is 17.9. The van der Waals surface area contributed by atoms with Gasteiger partial charge in [-0.05, 0) is 128 Å². The van der Waals surface area contributed by atoms with Crippen LogP contribution in [0.2, 0.25) is 0 Å². The van der Waals surface area contributed by atoms with Crippen LogP contribution in [0.15, 0.2) is 303 Å². The van der Waals surface area contributed by atoms with E-state index in [2.05, 4.69) is 109 Å². The molecule has 82 heavy (non-hydrogen) atoms. The van der Waals surface area contributed by atoms with E-state index in [0.29, 0.717) is 20.5 Å². The first-order valence-electron chi connectivity index (χ1n) is 34.8. The third kappa shape index (κ3) is 7.94. The van der Waals surface area contributed by atoms with Gasteiger partial charge in [0.1, 0.15) is 0 Å². The summed E-state index contributed by atoms with van der Waals surface area (Å²) in [5.41, 5.74) is 7.55. The fraction of sp³-hybridized carbons (Fsp3) is 0. The van der Waals surface area contributed by atoms with Gasteiger partial charge in [0.25, 0.3) is 0 Å². The van der Waals surface area contributed by atoms with Crippen LogP contribution in [0.5, 0.6) is 0 Å². The van der Waals surface area contributed by atoms with E-state index in [1.54, 1.807) is 11.3 Å². The molecule has 0 spiro atoms. The van der Waals surface area contributed by atoms with Crippen LogP contribution in [0.3, 0.4) is 0 Å². The van der Waals surface area contributed by atoms with E-state index in [9.17, 15) is 4.11 Å². The summed E-state index contributed by atoms with van der Waals surface area (Å²) >= 11 is 2.90. The highest BCUT2D eigenvalue weighted by molar-refractivity contribution is 7.26. The highest BCUT2D eigenvalue weighted by Crippen LogP contribution is 2.50. The van der Waals surface area contributed by atoms with Gasteiger partial charge in [-0.15, -0.1) is 22.7 Å². The molecular formula is C80H50S2. The van der Waals surface area contributed by atoms with E-state index in [1.807, 2.05) is 97.1 Å². The second-order valence-corrected chi connectivity index (χ2v) is 22.2. The smallest absolute Gasteiger partial charge is 0.0638 e. The standard InChI is InChI=1S/C42H26S.C38H24S/c1-2-16-30-27(12-1)13-10-22-31(30)28-14-9-15-29(26-28)40-33-18-3-5-20-35(33)41(36-21-6-4-19-34(36)40)38-24-11-23-37-32-17-7-8-25-39(32)43-42(37)38;1-2-11-25(12-3-1)26-21-23-27(24-22-26)36-29-14-4-6-16-31(29)37(32-17-7-5-15-30(32)36)34-19-10-18-33-28-13-8-9-20-35(28)39-38(33)34/h1-26H;1-24H/i7D,8D,11D,17D,23D,24D,25D;1D,2D,3D,11D,12D,21D,22D,23D,24D. The number of hydrogen-bond acceptors (Lipinski definition) is 2. The van der Waals surface area contributed by atoms with Crippen molar-refractivity contribution < 1.29 is 21.9 Å². The molecule has 17 aromatic rings. The summed E-state index contributed by atoms with van der Waals surface area (Å²) in [6.07, 6.45) is 0. The van der Waals surface area contributed by atoms with E-state index in [0.717, 1.165) is 92.1 Å². The Morgan fingerprint density at radius 1 is 0.220 bits per heavy atom. The van der Waals surface area contributed by atoms with Crippen LogP contribution in [-0.4, -0.2) is 0 Å². The average Bonchev–Trinajstić information content (AvgIpc) is 1.08. The van der Waals surface area contributed by atoms with Crippen molar-refractivity contribution in [3.63, 3.8) is 0 Å². The summed E-state index contributed by atoms with van der Waals surface area (Å²) in [7, 11) is 0. The van der Waals surface area contributed by atoms with Crippen LogP contribution in [-0.2, 0) is 0 Å². The Morgan fingerprint density at radius 2 is 0.659 bits per heavy atom. The van der Waals surface area contributed by atoms with Gasteiger partial charge in [-0.25, -0.2) is 0 Å². The molecule has 15 aromatic carbocycles. The molecule has 2 heterocycles. The lowest BCUT2D eigenvalue weighted by atomic mass is 9.85. The Labute approximate surface area is 506 Å². The Morgan fingerprint density at radius 3 is 1.34 bits per heavy atom. The topological polar surface area (TPSA) is 0 Å². The molecule has 0 nitrogen and oxygen atoms in total. The van der Waals surface area contributed by atoms with Crippen LogP contribution in [0.25, 0.3) is 161 Å². The SMILES string of the molecule is [2H]c1c([2H])c([2H])c(-c2c([2H])c([2H])c(-c3c4ccccc4c(-c4cccc5c4sc4ccccc45)c4ccccc34)c([2H])c2[2H])c([2H])c1[2H].[2H]c1c([2H])c([2H])c2c(sc3c(-c4c5ccccc5c(-c5cccc(-c6cccc7ccccc67)c5)c5ccccc45)c([2H])c([2H])c([2H])c32)c1[2H]. The first kappa shape index (κ1) is 34.2. The van der Waals surface area contributed by atoms with Crippen molar-refractivity contribution in [2.75, 3.05) is 0 Å². The normalized spacial score (nSPS) is 14.4. The van der Waals surface area contributed by atoms with Gasteiger partial charge in [0.05, 0.1) is 21.9 Å². The maximum Gasteiger partial charge on any atom is 0.0638 e. The molecule has 0 N–H and O–H groups in total. The molecule has 0 aliphatic rings. The summed E-state index contributed by atoms with van der Waals surface area (Å²) in [6, 6.07) is 63.4. The molecule has 0 radical (unpaired) electrons. The summed E-state index contributed by atoms with van der Waals surface area (Å²) in [5, 5.41) is 12.2. The van der Waals surface area contributed by atoms with Crippen molar-refractivity contribution in [3.05, 3.63) is 303 Å². The van der Waals surface area contributed by atoms with Crippen molar-refractivity contribution >= 4 is 117 Å². The largest absolute Gasteiger partial charge is 0.135 e. The maximum absolute atomic E-state index is 9.31. The van der Waals surface area contributed by atoms with Crippen LogP contribution < -0.4 is 0 Å². The number of hydrogen-bond donors (Lipinski definition) is 0. The third-order valence-electron chi connectivity index (χ3n) is 15.6. The molecule has 0 bridgehead atoms. The van der Waals surface area contributed by atoms with Gasteiger partial charge in [-0.2, -0.15) is 0 Å².